The van der Waals surface area contributed by atoms with Crippen molar-refractivity contribution in [2.75, 3.05) is 20.2 Å². The summed E-state index contributed by atoms with van der Waals surface area (Å²) in [5.41, 5.74) is 3.31. The summed E-state index contributed by atoms with van der Waals surface area (Å²) in [4.78, 5) is 38.9. The molecule has 0 bridgehead atoms. The fourth-order valence-electron chi connectivity index (χ4n) is 4.04. The van der Waals surface area contributed by atoms with E-state index in [0.29, 0.717) is 25.9 Å². The van der Waals surface area contributed by atoms with Crippen LogP contribution in [-0.2, 0) is 30.3 Å². The molecule has 0 aliphatic carbocycles. The SMILES string of the molecule is CCCN(CCc1ccc(-c2ccccc2)cc1)C(=O)[C@@H]1OC(C(=O)OC)=C[C@H](O)[C@H]1NC(C)=O. The molecule has 2 aromatic rings. The maximum atomic E-state index is 13.5. The van der Waals surface area contributed by atoms with Gasteiger partial charge in [-0.1, -0.05) is 61.5 Å². The Morgan fingerprint density at radius 2 is 1.69 bits per heavy atom. The number of esters is 1. The number of aliphatic hydroxyl groups excluding tert-OH is 1. The molecule has 3 atom stereocenters. The zero-order valence-electron chi connectivity index (χ0n) is 20.3. The van der Waals surface area contributed by atoms with Gasteiger partial charge in [-0.05, 0) is 35.6 Å². The third kappa shape index (κ3) is 6.70. The molecule has 1 aliphatic heterocycles. The normalized spacial score (nSPS) is 19.2. The summed E-state index contributed by atoms with van der Waals surface area (Å²) < 4.78 is 10.3. The number of carbonyl (C=O) groups excluding carboxylic acids is 3. The van der Waals surface area contributed by atoms with Crippen LogP contribution < -0.4 is 5.32 Å². The largest absolute Gasteiger partial charge is 0.471 e. The van der Waals surface area contributed by atoms with Crippen LogP contribution in [0.2, 0.25) is 0 Å². The number of carbonyl (C=O) groups is 3. The molecule has 0 unspecified atom stereocenters. The summed E-state index contributed by atoms with van der Waals surface area (Å²) in [5, 5.41) is 13.1. The van der Waals surface area contributed by atoms with E-state index in [2.05, 4.69) is 34.3 Å². The van der Waals surface area contributed by atoms with Gasteiger partial charge in [-0.15, -0.1) is 0 Å². The summed E-state index contributed by atoms with van der Waals surface area (Å²) in [5.74, 6) is -1.90. The Morgan fingerprint density at radius 1 is 1.03 bits per heavy atom. The number of hydrogen-bond donors (Lipinski definition) is 2. The first-order chi connectivity index (χ1) is 16.8. The first-order valence-electron chi connectivity index (χ1n) is 11.7. The van der Waals surface area contributed by atoms with E-state index in [4.69, 9.17) is 4.74 Å². The van der Waals surface area contributed by atoms with Crippen molar-refractivity contribution in [2.24, 2.45) is 0 Å². The number of hydrogen-bond acceptors (Lipinski definition) is 6. The van der Waals surface area contributed by atoms with Crippen LogP contribution in [0.15, 0.2) is 66.4 Å². The van der Waals surface area contributed by atoms with Crippen LogP contribution in [0, 0.1) is 0 Å². The van der Waals surface area contributed by atoms with Gasteiger partial charge in [0.25, 0.3) is 5.91 Å². The third-order valence-corrected chi connectivity index (χ3v) is 5.81. The van der Waals surface area contributed by atoms with E-state index in [1.165, 1.54) is 14.0 Å². The Hall–Kier alpha value is -3.65. The Balaban J connectivity index is 1.75. The van der Waals surface area contributed by atoms with Crippen molar-refractivity contribution < 1.29 is 29.0 Å². The zero-order valence-corrected chi connectivity index (χ0v) is 20.3. The lowest BCUT2D eigenvalue weighted by Gasteiger charge is -2.36. The summed E-state index contributed by atoms with van der Waals surface area (Å²) in [6, 6.07) is 17.2. The zero-order chi connectivity index (χ0) is 25.4. The van der Waals surface area contributed by atoms with E-state index in [9.17, 15) is 19.5 Å². The molecular weight excluding hydrogens is 448 g/mol. The highest BCUT2D eigenvalue weighted by atomic mass is 16.6. The number of methoxy groups -OCH3 is 1. The van der Waals surface area contributed by atoms with Crippen LogP contribution >= 0.6 is 0 Å². The number of amides is 2. The molecule has 0 saturated heterocycles. The molecule has 2 amide bonds. The highest BCUT2D eigenvalue weighted by Gasteiger charge is 2.42. The summed E-state index contributed by atoms with van der Waals surface area (Å²) in [6.07, 6.45) is -0.0852. The molecule has 3 rings (SSSR count). The molecule has 1 aliphatic rings. The van der Waals surface area contributed by atoms with Gasteiger partial charge in [0.2, 0.25) is 11.7 Å². The minimum Gasteiger partial charge on any atom is -0.471 e. The third-order valence-electron chi connectivity index (χ3n) is 5.81. The fourth-order valence-corrected chi connectivity index (χ4v) is 4.04. The molecule has 186 valence electrons. The van der Waals surface area contributed by atoms with Crippen LogP contribution in [-0.4, -0.2) is 66.2 Å². The van der Waals surface area contributed by atoms with Gasteiger partial charge in [-0.25, -0.2) is 4.79 Å². The van der Waals surface area contributed by atoms with Crippen LogP contribution in [0.1, 0.15) is 25.8 Å². The second kappa shape index (κ2) is 12.2. The molecule has 2 aromatic carbocycles. The molecule has 2 N–H and O–H groups in total. The van der Waals surface area contributed by atoms with Gasteiger partial charge < -0.3 is 24.8 Å². The van der Waals surface area contributed by atoms with Gasteiger partial charge in [0, 0.05) is 20.0 Å². The molecule has 0 fully saturated rings. The Labute approximate surface area is 205 Å². The lowest BCUT2D eigenvalue weighted by molar-refractivity contribution is -0.153. The van der Waals surface area contributed by atoms with Gasteiger partial charge in [0.1, 0.15) is 12.1 Å². The number of ether oxygens (including phenoxy) is 2. The lowest BCUT2D eigenvalue weighted by atomic mass is 9.98. The summed E-state index contributed by atoms with van der Waals surface area (Å²) >= 11 is 0. The predicted octanol–water partition coefficient (Wildman–Crippen LogP) is 2.46. The molecule has 8 nitrogen and oxygen atoms in total. The van der Waals surface area contributed by atoms with Crippen LogP contribution in [0.25, 0.3) is 11.1 Å². The molecule has 8 heteroatoms. The van der Waals surface area contributed by atoms with E-state index < -0.39 is 36.0 Å². The van der Waals surface area contributed by atoms with Crippen molar-refractivity contribution >= 4 is 17.8 Å². The lowest BCUT2D eigenvalue weighted by Crippen LogP contribution is -2.59. The van der Waals surface area contributed by atoms with E-state index >= 15 is 0 Å². The standard InChI is InChI=1S/C27H32N2O6/c1-4-15-29(16-14-19-10-12-21(13-11-19)20-8-6-5-7-9-20)26(32)25-24(28-18(2)30)22(31)17-23(35-25)27(33)34-3/h5-13,17,22,24-25,31H,4,14-16H2,1-3H3,(H,28,30)/t22-,24+,25+/m0/s1. The molecular formula is C27H32N2O6. The molecule has 1 heterocycles. The monoisotopic (exact) mass is 480 g/mol. The molecule has 0 spiro atoms. The first kappa shape index (κ1) is 26.0. The van der Waals surface area contributed by atoms with E-state index in [1.807, 2.05) is 37.3 Å². The smallest absolute Gasteiger partial charge is 0.373 e. The van der Waals surface area contributed by atoms with Gasteiger partial charge in [0.05, 0.1) is 7.11 Å². The van der Waals surface area contributed by atoms with Gasteiger partial charge in [-0.3, -0.25) is 9.59 Å². The number of nitrogens with one attached hydrogen (secondary N) is 1. The second-order valence-corrected chi connectivity index (χ2v) is 8.42. The van der Waals surface area contributed by atoms with Crippen molar-refractivity contribution in [1.82, 2.24) is 10.2 Å². The maximum Gasteiger partial charge on any atom is 0.373 e. The molecule has 35 heavy (non-hydrogen) atoms. The molecule has 0 radical (unpaired) electrons. The van der Waals surface area contributed by atoms with Crippen LogP contribution in [0.3, 0.4) is 0 Å². The van der Waals surface area contributed by atoms with Gasteiger partial charge in [0.15, 0.2) is 6.10 Å². The minimum absolute atomic E-state index is 0.257. The van der Waals surface area contributed by atoms with Crippen molar-refractivity contribution in [1.29, 1.82) is 0 Å². The quantitative estimate of drug-likeness (QED) is 0.534. The number of rotatable bonds is 9. The average molecular weight is 481 g/mol. The van der Waals surface area contributed by atoms with E-state index in [1.54, 1.807) is 4.90 Å². The minimum atomic E-state index is -1.29. The van der Waals surface area contributed by atoms with Crippen molar-refractivity contribution in [3.05, 3.63) is 72.0 Å². The Bertz CT molecular complexity index is 1050. The van der Waals surface area contributed by atoms with Crippen molar-refractivity contribution in [3.63, 3.8) is 0 Å². The topological polar surface area (TPSA) is 105 Å². The van der Waals surface area contributed by atoms with Gasteiger partial charge >= 0.3 is 5.97 Å². The maximum absolute atomic E-state index is 13.5. The second-order valence-electron chi connectivity index (χ2n) is 8.42. The van der Waals surface area contributed by atoms with Gasteiger partial charge in [-0.2, -0.15) is 0 Å². The Morgan fingerprint density at radius 3 is 2.29 bits per heavy atom. The van der Waals surface area contributed by atoms with Crippen molar-refractivity contribution in [2.45, 2.75) is 44.9 Å². The van der Waals surface area contributed by atoms with Crippen LogP contribution in [0.4, 0.5) is 0 Å². The summed E-state index contributed by atoms with van der Waals surface area (Å²) in [6.45, 7) is 4.12. The van der Waals surface area contributed by atoms with Crippen molar-refractivity contribution in [3.8, 4) is 11.1 Å². The fraction of sp³-hybridized carbons (Fsp3) is 0.370. The number of nitrogens with zero attached hydrogens (tertiary/aromatic N) is 1. The predicted molar refractivity (Wildman–Crippen MR) is 131 cm³/mol. The van der Waals surface area contributed by atoms with Crippen LogP contribution in [0.5, 0.6) is 0 Å². The first-order valence-corrected chi connectivity index (χ1v) is 11.7. The molecule has 0 aromatic heterocycles. The molecule has 0 saturated carbocycles. The highest BCUT2D eigenvalue weighted by molar-refractivity contribution is 5.89. The summed E-state index contributed by atoms with van der Waals surface area (Å²) in [7, 11) is 1.18. The number of aliphatic hydroxyl groups is 1. The number of benzene rings is 2. The Kier molecular flexibility index (Phi) is 9.03. The highest BCUT2D eigenvalue weighted by Crippen LogP contribution is 2.23. The van der Waals surface area contributed by atoms with E-state index in [0.717, 1.165) is 22.8 Å². The van der Waals surface area contributed by atoms with E-state index in [-0.39, 0.29) is 5.76 Å². The average Bonchev–Trinajstić information content (AvgIpc) is 2.87.